The van der Waals surface area contributed by atoms with Crippen molar-refractivity contribution in [3.8, 4) is 0 Å². The molecule has 6 atom stereocenters. The van der Waals surface area contributed by atoms with E-state index in [0.29, 0.717) is 17.1 Å². The van der Waals surface area contributed by atoms with Crippen molar-refractivity contribution in [2.45, 2.75) is 91.4 Å². The topological polar surface area (TPSA) is 50.7 Å². The summed E-state index contributed by atoms with van der Waals surface area (Å²) in [7, 11) is 0. The van der Waals surface area contributed by atoms with E-state index in [2.05, 4.69) is 31.2 Å². The summed E-state index contributed by atoms with van der Waals surface area (Å²) in [6.45, 7) is 9.87. The van der Waals surface area contributed by atoms with Crippen LogP contribution >= 0.6 is 0 Å². The summed E-state index contributed by atoms with van der Waals surface area (Å²) in [5.74, 6) is 3.59. The Hall–Kier alpha value is -0.900. The lowest BCUT2D eigenvalue weighted by Gasteiger charge is -2.59. The van der Waals surface area contributed by atoms with E-state index >= 15 is 0 Å². The summed E-state index contributed by atoms with van der Waals surface area (Å²) < 4.78 is 0. The van der Waals surface area contributed by atoms with E-state index in [-0.39, 0.29) is 5.41 Å². The van der Waals surface area contributed by atoms with Crippen molar-refractivity contribution < 1.29 is 9.63 Å². The van der Waals surface area contributed by atoms with Gasteiger partial charge in [0, 0.05) is 11.8 Å². The van der Waals surface area contributed by atoms with Crippen molar-refractivity contribution in [3.05, 3.63) is 0 Å². The lowest BCUT2D eigenvalue weighted by Crippen LogP contribution is -2.53. The fourth-order valence-electron chi connectivity index (χ4n) is 7.64. The van der Waals surface area contributed by atoms with Crippen LogP contribution in [-0.2, 0) is 9.63 Å². The molecule has 4 aliphatic carbocycles. The molecule has 0 bridgehead atoms. The zero-order valence-corrected chi connectivity index (χ0v) is 19.0. The lowest BCUT2D eigenvalue weighted by atomic mass is 9.45. The Kier molecular flexibility index (Phi) is 6.39. The highest BCUT2D eigenvalue weighted by molar-refractivity contribution is 5.87. The van der Waals surface area contributed by atoms with Crippen LogP contribution in [-0.4, -0.2) is 31.2 Å². The van der Waals surface area contributed by atoms with Gasteiger partial charge in [0.1, 0.15) is 12.4 Å². The van der Waals surface area contributed by atoms with Crippen molar-refractivity contribution in [3.63, 3.8) is 0 Å². The molecule has 4 aliphatic rings. The van der Waals surface area contributed by atoms with Crippen LogP contribution in [0.15, 0.2) is 5.16 Å². The lowest BCUT2D eigenvalue weighted by molar-refractivity contribution is -0.137. The van der Waals surface area contributed by atoms with E-state index in [1.807, 2.05) is 0 Å². The van der Waals surface area contributed by atoms with Crippen LogP contribution in [0.4, 0.5) is 0 Å². The van der Waals surface area contributed by atoms with Crippen LogP contribution in [0.3, 0.4) is 0 Å². The third-order valence-corrected chi connectivity index (χ3v) is 9.49. The predicted molar refractivity (Wildman–Crippen MR) is 118 cm³/mol. The molecule has 29 heavy (non-hydrogen) atoms. The van der Waals surface area contributed by atoms with Crippen molar-refractivity contribution in [1.29, 1.82) is 0 Å². The van der Waals surface area contributed by atoms with Gasteiger partial charge in [-0.25, -0.2) is 0 Å². The van der Waals surface area contributed by atoms with Crippen LogP contribution in [0.25, 0.3) is 0 Å². The maximum absolute atomic E-state index is 12.6. The van der Waals surface area contributed by atoms with Gasteiger partial charge in [-0.1, -0.05) is 25.9 Å². The molecule has 1 N–H and O–H groups in total. The maximum Gasteiger partial charge on any atom is 0.139 e. The van der Waals surface area contributed by atoms with E-state index < -0.39 is 0 Å². The first-order valence-corrected chi connectivity index (χ1v) is 12.4. The molecule has 0 aromatic carbocycles. The number of Topliss-reactive ketones (excluding diaryl/α,β-unsaturated/α-hetero) is 1. The quantitative estimate of drug-likeness (QED) is 0.461. The SMILES string of the molecule is CCNCCCCO/N=C1\CC[C@@]2(C)C(CCC3C2CC[C@]2(C)C(=O)CCC32)C1. The first kappa shape index (κ1) is 21.3. The summed E-state index contributed by atoms with van der Waals surface area (Å²) >= 11 is 0. The molecular weight excluding hydrogens is 360 g/mol. The number of fused-ring (bicyclic) bond motifs is 5. The van der Waals surface area contributed by atoms with E-state index in [4.69, 9.17) is 4.84 Å². The van der Waals surface area contributed by atoms with Gasteiger partial charge in [-0.05, 0) is 106 Å². The van der Waals surface area contributed by atoms with Gasteiger partial charge in [0.2, 0.25) is 0 Å². The molecule has 164 valence electrons. The second-order valence-electron chi connectivity index (χ2n) is 10.8. The number of carbonyl (C=O) groups is 1. The summed E-state index contributed by atoms with van der Waals surface area (Å²) in [5, 5.41) is 7.91. The summed E-state index contributed by atoms with van der Waals surface area (Å²) in [6, 6.07) is 0. The molecule has 4 saturated carbocycles. The van der Waals surface area contributed by atoms with Crippen LogP contribution in [0.1, 0.15) is 91.4 Å². The molecule has 4 heteroatoms. The zero-order valence-electron chi connectivity index (χ0n) is 19.0. The van der Waals surface area contributed by atoms with Gasteiger partial charge in [0.25, 0.3) is 0 Å². The molecular formula is C25H42N2O2. The Bertz CT molecular complexity index is 632. The Morgan fingerprint density at radius 2 is 1.93 bits per heavy atom. The standard InChI is InChI=1S/C25H42N2O2/c1-4-26-15-5-6-16-29-27-19-11-13-24(2)18(17-19)7-8-20-21-9-10-23(28)25(21,3)14-12-22(20)24/h18,20-22,26H,4-17H2,1-3H3/b27-19+/t18?,20?,21?,22?,24-,25-/m0/s1. The van der Waals surface area contributed by atoms with E-state index in [0.717, 1.165) is 82.4 Å². The second kappa shape index (κ2) is 8.69. The summed E-state index contributed by atoms with van der Waals surface area (Å²) in [6.07, 6.45) is 12.8. The molecule has 0 amide bonds. The molecule has 0 aromatic heterocycles. The number of hydrogen-bond acceptors (Lipinski definition) is 4. The number of oxime groups is 1. The minimum atomic E-state index is 0.00609. The number of nitrogens with zero attached hydrogens (tertiary/aromatic N) is 1. The predicted octanol–water partition coefficient (Wildman–Crippen LogP) is 5.36. The fourth-order valence-corrected chi connectivity index (χ4v) is 7.64. The summed E-state index contributed by atoms with van der Waals surface area (Å²) in [4.78, 5) is 18.3. The highest BCUT2D eigenvalue weighted by Crippen LogP contribution is 2.65. The highest BCUT2D eigenvalue weighted by Gasteiger charge is 2.60. The Labute approximate surface area is 177 Å². The number of hydrogen-bond donors (Lipinski definition) is 1. The fraction of sp³-hybridized carbons (Fsp3) is 0.920. The van der Waals surface area contributed by atoms with Crippen LogP contribution in [0.2, 0.25) is 0 Å². The number of nitrogens with one attached hydrogen (secondary N) is 1. The van der Waals surface area contributed by atoms with Gasteiger partial charge in [0.05, 0.1) is 5.71 Å². The molecule has 4 nitrogen and oxygen atoms in total. The van der Waals surface area contributed by atoms with Gasteiger partial charge >= 0.3 is 0 Å². The zero-order chi connectivity index (χ0) is 20.5. The molecule has 0 aromatic rings. The first-order valence-electron chi connectivity index (χ1n) is 12.4. The normalized spacial score (nSPS) is 43.0. The number of unbranched alkanes of at least 4 members (excludes halogenated alkanes) is 1. The van der Waals surface area contributed by atoms with Crippen LogP contribution < -0.4 is 5.32 Å². The van der Waals surface area contributed by atoms with Gasteiger partial charge in [0.15, 0.2) is 0 Å². The second-order valence-corrected chi connectivity index (χ2v) is 10.8. The molecule has 4 unspecified atom stereocenters. The molecule has 0 aliphatic heterocycles. The van der Waals surface area contributed by atoms with Crippen molar-refractivity contribution in [2.24, 2.45) is 39.7 Å². The van der Waals surface area contributed by atoms with Gasteiger partial charge in [-0.2, -0.15) is 0 Å². The van der Waals surface area contributed by atoms with Crippen molar-refractivity contribution >= 4 is 11.5 Å². The molecule has 4 rings (SSSR count). The molecule has 0 spiro atoms. The Balaban J connectivity index is 1.33. The Morgan fingerprint density at radius 1 is 1.07 bits per heavy atom. The minimum absolute atomic E-state index is 0.00609. The monoisotopic (exact) mass is 402 g/mol. The average molecular weight is 403 g/mol. The maximum atomic E-state index is 12.6. The minimum Gasteiger partial charge on any atom is -0.396 e. The van der Waals surface area contributed by atoms with Crippen molar-refractivity contribution in [2.75, 3.05) is 19.7 Å². The Morgan fingerprint density at radius 3 is 2.76 bits per heavy atom. The number of rotatable bonds is 7. The van der Waals surface area contributed by atoms with Gasteiger partial charge < -0.3 is 10.2 Å². The van der Waals surface area contributed by atoms with Crippen LogP contribution in [0.5, 0.6) is 0 Å². The van der Waals surface area contributed by atoms with E-state index in [1.165, 1.54) is 31.4 Å². The first-order chi connectivity index (χ1) is 14.0. The largest absolute Gasteiger partial charge is 0.396 e. The average Bonchev–Trinajstić information content (AvgIpc) is 3.02. The van der Waals surface area contributed by atoms with Crippen molar-refractivity contribution in [1.82, 2.24) is 5.32 Å². The third-order valence-electron chi connectivity index (χ3n) is 9.49. The van der Waals surface area contributed by atoms with E-state index in [1.54, 1.807) is 0 Å². The smallest absolute Gasteiger partial charge is 0.139 e. The molecule has 0 saturated heterocycles. The number of carbonyl (C=O) groups excluding carboxylic acids is 1. The van der Waals surface area contributed by atoms with E-state index in [9.17, 15) is 4.79 Å². The molecule has 0 heterocycles. The van der Waals surface area contributed by atoms with Crippen LogP contribution in [0, 0.1) is 34.5 Å². The van der Waals surface area contributed by atoms with Gasteiger partial charge in [-0.15, -0.1) is 0 Å². The highest BCUT2D eigenvalue weighted by atomic mass is 16.6. The summed E-state index contributed by atoms with van der Waals surface area (Å²) in [5.41, 5.74) is 1.75. The van der Waals surface area contributed by atoms with Gasteiger partial charge in [-0.3, -0.25) is 4.79 Å². The number of ketones is 1. The third kappa shape index (κ3) is 3.91. The molecule has 4 fully saturated rings. The molecule has 0 radical (unpaired) electrons.